The lowest BCUT2D eigenvalue weighted by Gasteiger charge is -2.09. The molecule has 0 spiro atoms. The van der Waals surface area contributed by atoms with Gasteiger partial charge < -0.3 is 9.67 Å². The lowest BCUT2D eigenvalue weighted by atomic mass is 10.4. The van der Waals surface area contributed by atoms with Gasteiger partial charge in [0.2, 0.25) is 0 Å². The normalized spacial score (nSPS) is 12.0. The highest BCUT2D eigenvalue weighted by molar-refractivity contribution is 7.89. The number of rotatable bonds is 4. The molecule has 1 N–H and O–H groups in total. The molecule has 0 aromatic carbocycles. The first-order chi connectivity index (χ1) is 7.20. The molecule has 0 amide bonds. The van der Waals surface area contributed by atoms with Gasteiger partial charge in [0.15, 0.2) is 15.5 Å². The number of nitrogens with zero attached hydrogens (tertiary/aromatic N) is 2. The molecule has 0 aliphatic rings. The van der Waals surface area contributed by atoms with E-state index in [4.69, 9.17) is 5.11 Å². The molecular formula is C9H14N2O4S. The fourth-order valence-corrected chi connectivity index (χ4v) is 2.01. The van der Waals surface area contributed by atoms with Crippen LogP contribution < -0.4 is 0 Å². The molecule has 0 bridgehead atoms. The topological polar surface area (TPSA) is 89.3 Å². The van der Waals surface area contributed by atoms with Crippen molar-refractivity contribution in [2.75, 3.05) is 6.26 Å². The standard InChI is InChI=1S/C9H14N2O4S/c1-6(2)11-4-7(9(12)13)10-8(11)5-16(3,14)15/h4,6H,5H2,1-3H3,(H,12,13). The molecule has 0 atom stereocenters. The van der Waals surface area contributed by atoms with E-state index < -0.39 is 15.8 Å². The summed E-state index contributed by atoms with van der Waals surface area (Å²) in [6.45, 7) is 3.66. The van der Waals surface area contributed by atoms with Crippen LogP contribution in [-0.4, -0.2) is 35.3 Å². The van der Waals surface area contributed by atoms with Gasteiger partial charge in [-0.15, -0.1) is 0 Å². The Morgan fingerprint density at radius 2 is 2.12 bits per heavy atom. The Hall–Kier alpha value is -1.37. The Bertz CT molecular complexity index is 502. The van der Waals surface area contributed by atoms with Crippen LogP contribution in [0.5, 0.6) is 0 Å². The van der Waals surface area contributed by atoms with Crippen LogP contribution in [0.4, 0.5) is 0 Å². The Kier molecular flexibility index (Phi) is 3.37. The van der Waals surface area contributed by atoms with Crippen molar-refractivity contribution in [3.05, 3.63) is 17.7 Å². The van der Waals surface area contributed by atoms with Gasteiger partial charge in [-0.25, -0.2) is 18.2 Å². The zero-order valence-electron chi connectivity index (χ0n) is 9.34. The van der Waals surface area contributed by atoms with E-state index in [0.717, 1.165) is 6.26 Å². The van der Waals surface area contributed by atoms with Crippen LogP contribution >= 0.6 is 0 Å². The summed E-state index contributed by atoms with van der Waals surface area (Å²) < 4.78 is 23.9. The Morgan fingerprint density at radius 1 is 1.56 bits per heavy atom. The summed E-state index contributed by atoms with van der Waals surface area (Å²) in [5.74, 6) is -1.15. The van der Waals surface area contributed by atoms with Crippen molar-refractivity contribution >= 4 is 15.8 Å². The molecule has 0 unspecified atom stereocenters. The average molecular weight is 246 g/mol. The van der Waals surface area contributed by atoms with E-state index in [9.17, 15) is 13.2 Å². The molecule has 0 saturated carbocycles. The maximum atomic E-state index is 11.2. The maximum Gasteiger partial charge on any atom is 0.356 e. The molecule has 1 aromatic rings. The van der Waals surface area contributed by atoms with E-state index in [1.165, 1.54) is 6.20 Å². The first-order valence-electron chi connectivity index (χ1n) is 4.69. The van der Waals surface area contributed by atoms with Crippen molar-refractivity contribution < 1.29 is 18.3 Å². The van der Waals surface area contributed by atoms with Gasteiger partial charge in [0, 0.05) is 18.5 Å². The molecule has 16 heavy (non-hydrogen) atoms. The number of aromatic nitrogens is 2. The minimum Gasteiger partial charge on any atom is -0.476 e. The second-order valence-electron chi connectivity index (χ2n) is 3.92. The molecule has 0 saturated heterocycles. The summed E-state index contributed by atoms with van der Waals surface area (Å²) in [6, 6.07) is -0.0302. The van der Waals surface area contributed by atoms with E-state index >= 15 is 0 Å². The summed E-state index contributed by atoms with van der Waals surface area (Å²) >= 11 is 0. The minimum atomic E-state index is -3.22. The fourth-order valence-electron chi connectivity index (χ4n) is 1.32. The second-order valence-corrected chi connectivity index (χ2v) is 6.06. The third-order valence-electron chi connectivity index (χ3n) is 1.98. The highest BCUT2D eigenvalue weighted by atomic mass is 32.2. The molecule has 1 rings (SSSR count). The van der Waals surface area contributed by atoms with E-state index in [1.807, 2.05) is 13.8 Å². The fraction of sp³-hybridized carbons (Fsp3) is 0.556. The number of hydrogen-bond donors (Lipinski definition) is 1. The van der Waals surface area contributed by atoms with Gasteiger partial charge in [-0.3, -0.25) is 0 Å². The van der Waals surface area contributed by atoms with Crippen molar-refractivity contribution in [1.82, 2.24) is 9.55 Å². The zero-order valence-corrected chi connectivity index (χ0v) is 10.2. The summed E-state index contributed by atoms with van der Waals surface area (Å²) in [5, 5.41) is 8.78. The van der Waals surface area contributed by atoms with E-state index in [2.05, 4.69) is 4.98 Å². The Morgan fingerprint density at radius 3 is 2.50 bits per heavy atom. The maximum absolute atomic E-state index is 11.2. The molecule has 6 nitrogen and oxygen atoms in total. The van der Waals surface area contributed by atoms with Gasteiger partial charge in [-0.1, -0.05) is 0 Å². The predicted octanol–water partition coefficient (Wildman–Crippen LogP) is 0.707. The average Bonchev–Trinajstić information content (AvgIpc) is 2.44. The van der Waals surface area contributed by atoms with Crippen molar-refractivity contribution in [3.63, 3.8) is 0 Å². The van der Waals surface area contributed by atoms with Gasteiger partial charge in [0.05, 0.1) is 0 Å². The monoisotopic (exact) mass is 246 g/mol. The summed E-state index contributed by atoms with van der Waals surface area (Å²) in [6.07, 6.45) is 2.44. The second kappa shape index (κ2) is 4.25. The van der Waals surface area contributed by atoms with E-state index in [0.29, 0.717) is 0 Å². The van der Waals surface area contributed by atoms with Crippen LogP contribution in [0.2, 0.25) is 0 Å². The first-order valence-corrected chi connectivity index (χ1v) is 6.75. The lowest BCUT2D eigenvalue weighted by molar-refractivity contribution is 0.0691. The van der Waals surface area contributed by atoms with Gasteiger partial charge in [-0.2, -0.15) is 0 Å². The number of imidazole rings is 1. The van der Waals surface area contributed by atoms with Gasteiger partial charge in [0.1, 0.15) is 11.6 Å². The van der Waals surface area contributed by atoms with Crippen LogP contribution in [0.1, 0.15) is 36.2 Å². The van der Waals surface area contributed by atoms with Crippen molar-refractivity contribution in [2.24, 2.45) is 0 Å². The SMILES string of the molecule is CC(C)n1cc(C(=O)O)nc1CS(C)(=O)=O. The predicted molar refractivity (Wildman–Crippen MR) is 58.1 cm³/mol. The van der Waals surface area contributed by atoms with Gasteiger partial charge >= 0.3 is 5.97 Å². The zero-order chi connectivity index (χ0) is 12.5. The quantitative estimate of drug-likeness (QED) is 0.845. The highest BCUT2D eigenvalue weighted by Crippen LogP contribution is 2.13. The molecule has 0 aliphatic carbocycles. The van der Waals surface area contributed by atoms with Gasteiger partial charge in [-0.05, 0) is 13.8 Å². The number of hydrogen-bond acceptors (Lipinski definition) is 4. The number of carboxylic acid groups (broad SMARTS) is 1. The summed E-state index contributed by atoms with van der Waals surface area (Å²) in [5.41, 5.74) is -0.132. The largest absolute Gasteiger partial charge is 0.476 e. The molecule has 0 fully saturated rings. The van der Waals surface area contributed by atoms with Crippen LogP contribution in [-0.2, 0) is 15.6 Å². The number of carbonyl (C=O) groups is 1. The summed E-state index contributed by atoms with van der Waals surface area (Å²) in [4.78, 5) is 14.5. The Balaban J connectivity index is 3.20. The summed E-state index contributed by atoms with van der Waals surface area (Å²) in [7, 11) is -3.22. The van der Waals surface area contributed by atoms with Crippen molar-refractivity contribution in [3.8, 4) is 0 Å². The molecule has 0 aliphatic heterocycles. The lowest BCUT2D eigenvalue weighted by Crippen LogP contribution is -2.10. The van der Waals surface area contributed by atoms with Crippen molar-refractivity contribution in [2.45, 2.75) is 25.6 Å². The van der Waals surface area contributed by atoms with Gasteiger partial charge in [0.25, 0.3) is 0 Å². The third-order valence-corrected chi connectivity index (χ3v) is 2.76. The van der Waals surface area contributed by atoms with Crippen molar-refractivity contribution in [1.29, 1.82) is 0 Å². The number of carboxylic acids is 1. The number of sulfone groups is 1. The van der Waals surface area contributed by atoms with E-state index in [1.54, 1.807) is 4.57 Å². The molecule has 1 aromatic heterocycles. The number of aromatic carboxylic acids is 1. The van der Waals surface area contributed by atoms with Crippen LogP contribution in [0.3, 0.4) is 0 Å². The molecule has 7 heteroatoms. The molecule has 1 heterocycles. The van der Waals surface area contributed by atoms with E-state index in [-0.39, 0.29) is 23.3 Å². The Labute approximate surface area is 93.8 Å². The van der Waals surface area contributed by atoms with Crippen LogP contribution in [0.25, 0.3) is 0 Å². The highest BCUT2D eigenvalue weighted by Gasteiger charge is 2.18. The smallest absolute Gasteiger partial charge is 0.356 e. The molecule has 90 valence electrons. The third kappa shape index (κ3) is 3.06. The molecule has 0 radical (unpaired) electrons. The van der Waals surface area contributed by atoms with Crippen LogP contribution in [0.15, 0.2) is 6.20 Å². The van der Waals surface area contributed by atoms with Crippen LogP contribution in [0, 0.1) is 0 Å². The first kappa shape index (κ1) is 12.7. The molecular weight excluding hydrogens is 232 g/mol. The minimum absolute atomic E-state index is 0.0302.